The third-order valence-electron chi connectivity index (χ3n) is 2.93. The molecule has 16 heavy (non-hydrogen) atoms. The van der Waals surface area contributed by atoms with Crippen molar-refractivity contribution >= 4 is 5.69 Å². The summed E-state index contributed by atoms with van der Waals surface area (Å²) in [6.07, 6.45) is 1.16. The summed E-state index contributed by atoms with van der Waals surface area (Å²) in [4.78, 5) is 2.41. The van der Waals surface area contributed by atoms with Crippen LogP contribution in [0.2, 0.25) is 0 Å². The van der Waals surface area contributed by atoms with E-state index in [1.807, 2.05) is 0 Å². The van der Waals surface area contributed by atoms with Gasteiger partial charge in [-0.25, -0.2) is 0 Å². The molecule has 0 unspecified atom stereocenters. The first-order valence-corrected chi connectivity index (χ1v) is 6.17. The Bertz CT molecular complexity index is 329. The second kappa shape index (κ2) is 5.35. The van der Waals surface area contributed by atoms with Crippen LogP contribution in [-0.4, -0.2) is 26.3 Å². The third-order valence-corrected chi connectivity index (χ3v) is 2.93. The molecule has 1 heterocycles. The van der Waals surface area contributed by atoms with Crippen molar-refractivity contribution < 1.29 is 4.74 Å². The maximum atomic E-state index is 5.37. The highest BCUT2D eigenvalue weighted by Gasteiger charge is 2.11. The summed E-state index contributed by atoms with van der Waals surface area (Å²) < 4.78 is 5.37. The molecule has 1 aliphatic rings. The standard InChI is InChI=1S/C14H21NO/c1-12(2)10-13-4-3-5-14(11-13)15-6-8-16-9-7-15/h3-5,11-12H,6-10H2,1-2H3. The molecule has 0 aliphatic carbocycles. The maximum absolute atomic E-state index is 5.37. The van der Waals surface area contributed by atoms with Gasteiger partial charge in [-0.05, 0) is 30.0 Å². The number of hydrogen-bond acceptors (Lipinski definition) is 2. The van der Waals surface area contributed by atoms with Gasteiger partial charge in [0.15, 0.2) is 0 Å². The Hall–Kier alpha value is -1.02. The fraction of sp³-hybridized carbons (Fsp3) is 0.571. The van der Waals surface area contributed by atoms with Crippen LogP contribution in [0.5, 0.6) is 0 Å². The molecule has 1 aliphatic heterocycles. The van der Waals surface area contributed by atoms with Gasteiger partial charge in [-0.15, -0.1) is 0 Å². The zero-order valence-electron chi connectivity index (χ0n) is 10.3. The van der Waals surface area contributed by atoms with Crippen LogP contribution in [0.1, 0.15) is 19.4 Å². The highest BCUT2D eigenvalue weighted by molar-refractivity contribution is 5.49. The second-order valence-corrected chi connectivity index (χ2v) is 4.87. The number of rotatable bonds is 3. The molecule has 0 amide bonds. The van der Waals surface area contributed by atoms with E-state index in [1.165, 1.54) is 11.3 Å². The monoisotopic (exact) mass is 219 g/mol. The minimum absolute atomic E-state index is 0.722. The molecule has 2 rings (SSSR count). The van der Waals surface area contributed by atoms with Gasteiger partial charge in [0.1, 0.15) is 0 Å². The zero-order chi connectivity index (χ0) is 11.4. The second-order valence-electron chi connectivity index (χ2n) is 4.87. The van der Waals surface area contributed by atoms with Crippen molar-refractivity contribution in [3.63, 3.8) is 0 Å². The van der Waals surface area contributed by atoms with E-state index in [2.05, 4.69) is 43.0 Å². The Balaban J connectivity index is 2.08. The van der Waals surface area contributed by atoms with Gasteiger partial charge < -0.3 is 9.64 Å². The Morgan fingerprint density at radius 2 is 2.00 bits per heavy atom. The average molecular weight is 219 g/mol. The Kier molecular flexibility index (Phi) is 3.83. The zero-order valence-corrected chi connectivity index (χ0v) is 10.3. The molecule has 1 aromatic rings. The summed E-state index contributed by atoms with van der Waals surface area (Å²) in [6.45, 7) is 8.28. The fourth-order valence-electron chi connectivity index (χ4n) is 2.17. The van der Waals surface area contributed by atoms with Crippen LogP contribution < -0.4 is 4.90 Å². The lowest BCUT2D eigenvalue weighted by atomic mass is 10.0. The summed E-state index contributed by atoms with van der Waals surface area (Å²) >= 11 is 0. The van der Waals surface area contributed by atoms with Crippen molar-refractivity contribution in [2.75, 3.05) is 31.2 Å². The molecule has 0 saturated carbocycles. The predicted molar refractivity (Wildman–Crippen MR) is 68.0 cm³/mol. The summed E-state index contributed by atoms with van der Waals surface area (Å²) in [6, 6.07) is 8.92. The van der Waals surface area contributed by atoms with Crippen molar-refractivity contribution in [3.05, 3.63) is 29.8 Å². The Morgan fingerprint density at radius 3 is 2.69 bits per heavy atom. The van der Waals surface area contributed by atoms with Crippen LogP contribution in [0.25, 0.3) is 0 Å². The van der Waals surface area contributed by atoms with Gasteiger partial charge in [-0.2, -0.15) is 0 Å². The van der Waals surface area contributed by atoms with Gasteiger partial charge in [-0.3, -0.25) is 0 Å². The molecule has 2 nitrogen and oxygen atoms in total. The smallest absolute Gasteiger partial charge is 0.0642 e. The number of morpholine rings is 1. The number of benzene rings is 1. The molecule has 2 heteroatoms. The van der Waals surface area contributed by atoms with E-state index in [-0.39, 0.29) is 0 Å². The van der Waals surface area contributed by atoms with Crippen LogP contribution in [0.3, 0.4) is 0 Å². The molecule has 0 bridgehead atoms. The first-order chi connectivity index (χ1) is 7.75. The summed E-state index contributed by atoms with van der Waals surface area (Å²) in [7, 11) is 0. The molecule has 0 spiro atoms. The maximum Gasteiger partial charge on any atom is 0.0642 e. The third kappa shape index (κ3) is 2.99. The van der Waals surface area contributed by atoms with E-state index in [0.29, 0.717) is 0 Å². The van der Waals surface area contributed by atoms with Gasteiger partial charge >= 0.3 is 0 Å². The van der Waals surface area contributed by atoms with Gasteiger partial charge in [-0.1, -0.05) is 26.0 Å². The molecule has 0 N–H and O–H groups in total. The van der Waals surface area contributed by atoms with E-state index in [4.69, 9.17) is 4.74 Å². The quantitative estimate of drug-likeness (QED) is 0.775. The van der Waals surface area contributed by atoms with Crippen molar-refractivity contribution in [2.45, 2.75) is 20.3 Å². The molecular weight excluding hydrogens is 198 g/mol. The first-order valence-electron chi connectivity index (χ1n) is 6.17. The van der Waals surface area contributed by atoms with Crippen LogP contribution in [0.15, 0.2) is 24.3 Å². The highest BCUT2D eigenvalue weighted by atomic mass is 16.5. The van der Waals surface area contributed by atoms with Crippen molar-refractivity contribution in [3.8, 4) is 0 Å². The molecule has 0 radical (unpaired) electrons. The first kappa shape index (κ1) is 11.5. The average Bonchev–Trinajstić information content (AvgIpc) is 2.30. The van der Waals surface area contributed by atoms with Crippen LogP contribution >= 0.6 is 0 Å². The Labute approximate surface area is 98.2 Å². The van der Waals surface area contributed by atoms with Crippen LogP contribution in [0.4, 0.5) is 5.69 Å². The number of hydrogen-bond donors (Lipinski definition) is 0. The number of nitrogens with zero attached hydrogens (tertiary/aromatic N) is 1. The lowest BCUT2D eigenvalue weighted by Gasteiger charge is -2.29. The van der Waals surface area contributed by atoms with E-state index in [1.54, 1.807) is 0 Å². The molecule has 1 saturated heterocycles. The SMILES string of the molecule is CC(C)Cc1cccc(N2CCOCC2)c1. The molecule has 1 fully saturated rings. The highest BCUT2D eigenvalue weighted by Crippen LogP contribution is 2.19. The van der Waals surface area contributed by atoms with Crippen molar-refractivity contribution in [1.29, 1.82) is 0 Å². The molecule has 0 atom stereocenters. The topological polar surface area (TPSA) is 12.5 Å². The molecule has 1 aromatic carbocycles. The van der Waals surface area contributed by atoms with Gasteiger partial charge in [0, 0.05) is 18.8 Å². The van der Waals surface area contributed by atoms with Gasteiger partial charge in [0.25, 0.3) is 0 Å². The fourth-order valence-corrected chi connectivity index (χ4v) is 2.17. The molecule has 88 valence electrons. The predicted octanol–water partition coefficient (Wildman–Crippen LogP) is 2.72. The van der Waals surface area contributed by atoms with Crippen LogP contribution in [-0.2, 0) is 11.2 Å². The van der Waals surface area contributed by atoms with Crippen molar-refractivity contribution in [1.82, 2.24) is 0 Å². The normalized spacial score (nSPS) is 16.8. The minimum atomic E-state index is 0.722. The Morgan fingerprint density at radius 1 is 1.25 bits per heavy atom. The lowest BCUT2D eigenvalue weighted by Crippen LogP contribution is -2.36. The number of ether oxygens (including phenoxy) is 1. The number of anilines is 1. The summed E-state index contributed by atoms with van der Waals surface area (Å²) in [5.74, 6) is 0.722. The van der Waals surface area contributed by atoms with E-state index < -0.39 is 0 Å². The minimum Gasteiger partial charge on any atom is -0.378 e. The van der Waals surface area contributed by atoms with E-state index >= 15 is 0 Å². The lowest BCUT2D eigenvalue weighted by molar-refractivity contribution is 0.122. The van der Waals surface area contributed by atoms with Gasteiger partial charge in [0.05, 0.1) is 13.2 Å². The van der Waals surface area contributed by atoms with Crippen LogP contribution in [0, 0.1) is 5.92 Å². The van der Waals surface area contributed by atoms with E-state index in [0.717, 1.165) is 38.6 Å². The van der Waals surface area contributed by atoms with Gasteiger partial charge in [0.2, 0.25) is 0 Å². The molecule has 0 aromatic heterocycles. The summed E-state index contributed by atoms with van der Waals surface area (Å²) in [5, 5.41) is 0. The van der Waals surface area contributed by atoms with Crippen molar-refractivity contribution in [2.24, 2.45) is 5.92 Å². The van der Waals surface area contributed by atoms with E-state index in [9.17, 15) is 0 Å². The summed E-state index contributed by atoms with van der Waals surface area (Å²) in [5.41, 5.74) is 2.79. The largest absolute Gasteiger partial charge is 0.378 e. The molecular formula is C14H21NO.